The van der Waals surface area contributed by atoms with Gasteiger partial charge in [0, 0.05) is 29.1 Å². The smallest absolute Gasteiger partial charge is 0.162 e. The van der Waals surface area contributed by atoms with E-state index < -0.39 is 0 Å². The maximum atomic E-state index is 6.53. The minimum Gasteiger partial charge on any atom is -0.489 e. The Morgan fingerprint density at radius 1 is 1.27 bits per heavy atom. The van der Waals surface area contributed by atoms with Crippen molar-refractivity contribution in [3.05, 3.63) is 22.7 Å². The second-order valence-electron chi connectivity index (χ2n) is 7.35. The number of fused-ring (bicyclic) bond motifs is 1. The monoisotopic (exact) mass is 324 g/mol. The van der Waals surface area contributed by atoms with Gasteiger partial charge in [-0.15, -0.1) is 0 Å². The summed E-state index contributed by atoms with van der Waals surface area (Å²) in [6, 6.07) is 4.25. The maximum Gasteiger partial charge on any atom is 0.162 e. The Hall–Kier alpha value is -0.970. The SMILES string of the molecule is CN1CC(CN)CC1c1cc2c(cc1Cl)OCC(C)(C)CO2. The number of hydrogen-bond donors (Lipinski definition) is 1. The number of nitrogens with zero attached hydrogens (tertiary/aromatic N) is 1. The summed E-state index contributed by atoms with van der Waals surface area (Å²) in [6.07, 6.45) is 1.04. The molecule has 2 atom stereocenters. The van der Waals surface area contributed by atoms with Crippen LogP contribution in [0.25, 0.3) is 0 Å². The van der Waals surface area contributed by atoms with Gasteiger partial charge in [-0.05, 0) is 37.6 Å². The fourth-order valence-electron chi connectivity index (χ4n) is 3.26. The summed E-state index contributed by atoms with van der Waals surface area (Å²) in [6.45, 7) is 7.29. The van der Waals surface area contributed by atoms with E-state index in [0.29, 0.717) is 25.2 Å². The molecule has 2 aliphatic heterocycles. The molecule has 1 aromatic rings. The van der Waals surface area contributed by atoms with Crippen LogP contribution in [0.1, 0.15) is 31.9 Å². The zero-order chi connectivity index (χ0) is 15.9. The highest BCUT2D eigenvalue weighted by Crippen LogP contribution is 2.43. The third kappa shape index (κ3) is 3.05. The van der Waals surface area contributed by atoms with Gasteiger partial charge in [-0.2, -0.15) is 0 Å². The molecule has 122 valence electrons. The summed E-state index contributed by atoms with van der Waals surface area (Å²) >= 11 is 6.53. The first kappa shape index (κ1) is 15.9. The second kappa shape index (κ2) is 5.91. The van der Waals surface area contributed by atoms with E-state index in [2.05, 4.69) is 31.9 Å². The van der Waals surface area contributed by atoms with E-state index in [1.807, 2.05) is 6.07 Å². The number of likely N-dealkylation sites (tertiary alicyclic amines) is 1. The number of nitrogens with two attached hydrogens (primary N) is 1. The van der Waals surface area contributed by atoms with E-state index >= 15 is 0 Å². The van der Waals surface area contributed by atoms with Crippen LogP contribution >= 0.6 is 11.6 Å². The van der Waals surface area contributed by atoms with Crippen LogP contribution in [0.15, 0.2) is 12.1 Å². The van der Waals surface area contributed by atoms with Gasteiger partial charge in [0.05, 0.1) is 13.2 Å². The summed E-state index contributed by atoms with van der Waals surface area (Å²) < 4.78 is 11.9. The van der Waals surface area contributed by atoms with Crippen molar-refractivity contribution in [3.8, 4) is 11.5 Å². The van der Waals surface area contributed by atoms with Crippen molar-refractivity contribution in [2.75, 3.05) is 33.4 Å². The van der Waals surface area contributed by atoms with Gasteiger partial charge < -0.3 is 15.2 Å². The molecule has 22 heavy (non-hydrogen) atoms. The molecule has 0 aromatic heterocycles. The normalized spacial score (nSPS) is 27.7. The van der Waals surface area contributed by atoms with Crippen LogP contribution in [0.3, 0.4) is 0 Å². The summed E-state index contributed by atoms with van der Waals surface area (Å²) in [7, 11) is 2.13. The highest BCUT2D eigenvalue weighted by Gasteiger charge is 2.33. The number of halogens is 1. The molecular formula is C17H25ClN2O2. The Morgan fingerprint density at radius 3 is 2.50 bits per heavy atom. The Balaban J connectivity index is 1.90. The van der Waals surface area contributed by atoms with E-state index in [9.17, 15) is 0 Å². The zero-order valence-corrected chi connectivity index (χ0v) is 14.3. The molecule has 0 aliphatic carbocycles. The van der Waals surface area contributed by atoms with Gasteiger partial charge in [0.15, 0.2) is 11.5 Å². The lowest BCUT2D eigenvalue weighted by Crippen LogP contribution is -2.26. The number of benzene rings is 1. The fraction of sp³-hybridized carbons (Fsp3) is 0.647. The van der Waals surface area contributed by atoms with Gasteiger partial charge in [0.1, 0.15) is 0 Å². The van der Waals surface area contributed by atoms with Gasteiger partial charge in [-0.3, -0.25) is 4.90 Å². The van der Waals surface area contributed by atoms with E-state index in [-0.39, 0.29) is 5.41 Å². The van der Waals surface area contributed by atoms with Gasteiger partial charge in [0.2, 0.25) is 0 Å². The maximum absolute atomic E-state index is 6.53. The van der Waals surface area contributed by atoms with Crippen LogP contribution in [0.5, 0.6) is 11.5 Å². The average molecular weight is 325 g/mol. The Bertz CT molecular complexity index is 562. The largest absolute Gasteiger partial charge is 0.489 e. The zero-order valence-electron chi connectivity index (χ0n) is 13.6. The minimum atomic E-state index is 0.000451. The molecule has 5 heteroatoms. The van der Waals surface area contributed by atoms with Crippen molar-refractivity contribution in [3.63, 3.8) is 0 Å². The van der Waals surface area contributed by atoms with Gasteiger partial charge in [-0.25, -0.2) is 0 Å². The van der Waals surface area contributed by atoms with Crippen LogP contribution in [0, 0.1) is 11.3 Å². The van der Waals surface area contributed by atoms with Crippen molar-refractivity contribution in [2.24, 2.45) is 17.1 Å². The first-order valence-corrected chi connectivity index (χ1v) is 8.27. The van der Waals surface area contributed by atoms with Gasteiger partial charge in [-0.1, -0.05) is 25.4 Å². The van der Waals surface area contributed by atoms with Crippen molar-refractivity contribution in [1.29, 1.82) is 0 Å². The molecule has 0 bridgehead atoms. The quantitative estimate of drug-likeness (QED) is 0.908. The molecule has 2 aliphatic rings. The van der Waals surface area contributed by atoms with Crippen LogP contribution in [0.2, 0.25) is 5.02 Å². The van der Waals surface area contributed by atoms with Crippen LogP contribution < -0.4 is 15.2 Å². The summed E-state index contributed by atoms with van der Waals surface area (Å²) in [5.41, 5.74) is 6.94. The summed E-state index contributed by atoms with van der Waals surface area (Å²) in [4.78, 5) is 2.33. The van der Waals surface area contributed by atoms with E-state index in [1.165, 1.54) is 0 Å². The summed E-state index contributed by atoms with van der Waals surface area (Å²) in [5, 5.41) is 0.747. The third-order valence-corrected chi connectivity index (χ3v) is 4.95. The predicted octanol–water partition coefficient (Wildman–Crippen LogP) is 3.09. The van der Waals surface area contributed by atoms with E-state index in [0.717, 1.165) is 41.6 Å². The van der Waals surface area contributed by atoms with E-state index in [4.69, 9.17) is 26.8 Å². The second-order valence-corrected chi connectivity index (χ2v) is 7.76. The Morgan fingerprint density at radius 2 is 1.91 bits per heavy atom. The highest BCUT2D eigenvalue weighted by atomic mass is 35.5. The molecule has 1 aromatic carbocycles. The molecule has 0 radical (unpaired) electrons. The van der Waals surface area contributed by atoms with Crippen LogP contribution in [-0.2, 0) is 0 Å². The minimum absolute atomic E-state index is 0.000451. The summed E-state index contributed by atoms with van der Waals surface area (Å²) in [5.74, 6) is 2.07. The van der Waals surface area contributed by atoms with Crippen molar-refractivity contribution >= 4 is 11.6 Å². The van der Waals surface area contributed by atoms with Crippen LogP contribution in [0.4, 0.5) is 0 Å². The molecule has 0 saturated carbocycles. The van der Waals surface area contributed by atoms with Crippen molar-refractivity contribution in [2.45, 2.75) is 26.3 Å². The fourth-order valence-corrected chi connectivity index (χ4v) is 3.54. The first-order valence-electron chi connectivity index (χ1n) is 7.89. The Labute approximate surface area is 137 Å². The predicted molar refractivity (Wildman–Crippen MR) is 88.8 cm³/mol. The molecule has 1 saturated heterocycles. The molecule has 2 N–H and O–H groups in total. The lowest BCUT2D eigenvalue weighted by atomic mass is 9.97. The number of rotatable bonds is 2. The molecule has 2 unspecified atom stereocenters. The van der Waals surface area contributed by atoms with Crippen LogP contribution in [-0.4, -0.2) is 38.3 Å². The average Bonchev–Trinajstić information content (AvgIpc) is 2.77. The molecule has 2 heterocycles. The molecule has 4 nitrogen and oxygen atoms in total. The van der Waals surface area contributed by atoms with Gasteiger partial charge in [0.25, 0.3) is 0 Å². The van der Waals surface area contributed by atoms with Crippen molar-refractivity contribution in [1.82, 2.24) is 4.90 Å². The molecule has 0 spiro atoms. The first-order chi connectivity index (χ1) is 10.4. The third-order valence-electron chi connectivity index (χ3n) is 4.63. The molecular weight excluding hydrogens is 300 g/mol. The molecule has 3 rings (SSSR count). The lowest BCUT2D eigenvalue weighted by Gasteiger charge is -2.22. The highest BCUT2D eigenvalue weighted by molar-refractivity contribution is 6.31. The lowest BCUT2D eigenvalue weighted by molar-refractivity contribution is 0.140. The number of ether oxygens (including phenoxy) is 2. The van der Waals surface area contributed by atoms with Crippen molar-refractivity contribution < 1.29 is 9.47 Å². The van der Waals surface area contributed by atoms with Gasteiger partial charge >= 0.3 is 0 Å². The van der Waals surface area contributed by atoms with E-state index in [1.54, 1.807) is 0 Å². The standard InChI is InChI=1S/C17H25ClN2O2/c1-17(2)9-21-15-5-12(13(18)6-16(15)22-10-17)14-4-11(7-19)8-20(14)3/h5-6,11,14H,4,7-10,19H2,1-3H3. The Kier molecular flexibility index (Phi) is 4.27. The molecule has 0 amide bonds. The number of hydrogen-bond acceptors (Lipinski definition) is 4. The molecule has 1 fully saturated rings. The topological polar surface area (TPSA) is 47.7 Å².